The first-order chi connectivity index (χ1) is 8.58. The molecule has 94 valence electrons. The summed E-state index contributed by atoms with van der Waals surface area (Å²) in [4.78, 5) is 8.47. The van der Waals surface area contributed by atoms with Crippen LogP contribution in [0.25, 0.3) is 0 Å². The highest BCUT2D eigenvalue weighted by molar-refractivity contribution is 9.10. The quantitative estimate of drug-likeness (QED) is 0.825. The fraction of sp³-hybridized carbons (Fsp3) is 0.167. The minimum absolute atomic E-state index is 0.695. The zero-order valence-corrected chi connectivity index (χ0v) is 13.0. The molecule has 0 spiro atoms. The molecule has 1 aromatic heterocycles. The number of anilines is 2. The molecule has 0 saturated carbocycles. The van der Waals surface area contributed by atoms with Crippen LogP contribution in [0.4, 0.5) is 11.5 Å². The van der Waals surface area contributed by atoms with Gasteiger partial charge in [-0.05, 0) is 41.1 Å². The number of rotatable bonds is 3. The smallest absolute Gasteiger partial charge is 0.142 e. The Morgan fingerprint density at radius 2 is 1.94 bits per heavy atom. The minimum atomic E-state index is 0.695. The number of benzene rings is 1. The lowest BCUT2D eigenvalue weighted by atomic mass is 10.3. The largest absolute Gasteiger partial charge is 0.495 e. The van der Waals surface area contributed by atoms with Gasteiger partial charge in [-0.2, -0.15) is 0 Å². The van der Waals surface area contributed by atoms with Crippen LogP contribution in [0, 0.1) is 6.92 Å². The van der Waals surface area contributed by atoms with E-state index in [1.807, 2.05) is 31.2 Å². The van der Waals surface area contributed by atoms with Crippen molar-refractivity contribution in [2.75, 3.05) is 12.4 Å². The van der Waals surface area contributed by atoms with Gasteiger partial charge in [0.1, 0.15) is 22.0 Å². The maximum absolute atomic E-state index is 5.29. The fourth-order valence-electron chi connectivity index (χ4n) is 1.51. The van der Waals surface area contributed by atoms with Crippen LogP contribution < -0.4 is 10.1 Å². The Hall–Kier alpha value is -1.14. The van der Waals surface area contributed by atoms with Gasteiger partial charge in [0.15, 0.2) is 0 Å². The number of ether oxygens (including phenoxy) is 1. The number of nitrogens with zero attached hydrogens (tertiary/aromatic N) is 2. The van der Waals surface area contributed by atoms with Crippen LogP contribution in [0.3, 0.4) is 0 Å². The first kappa shape index (κ1) is 13.3. The Labute approximate surface area is 122 Å². The second kappa shape index (κ2) is 5.67. The summed E-state index contributed by atoms with van der Waals surface area (Å²) in [7, 11) is 1.63. The molecule has 0 aliphatic carbocycles. The molecule has 1 N–H and O–H groups in total. The van der Waals surface area contributed by atoms with Crippen molar-refractivity contribution in [2.24, 2.45) is 0 Å². The van der Waals surface area contributed by atoms with E-state index in [0.29, 0.717) is 11.6 Å². The van der Waals surface area contributed by atoms with Crippen molar-refractivity contribution in [1.82, 2.24) is 9.97 Å². The van der Waals surface area contributed by atoms with Crippen LogP contribution in [-0.2, 0) is 0 Å². The monoisotopic (exact) mass is 371 g/mol. The van der Waals surface area contributed by atoms with E-state index < -0.39 is 0 Å². The lowest BCUT2D eigenvalue weighted by Crippen LogP contribution is -1.99. The lowest BCUT2D eigenvalue weighted by Gasteiger charge is -2.11. The molecule has 1 aromatic carbocycles. The second-order valence-corrected chi connectivity index (χ2v) is 5.32. The summed E-state index contributed by atoms with van der Waals surface area (Å²) in [6, 6.07) is 7.55. The number of halogens is 2. The molecule has 0 aliphatic rings. The maximum atomic E-state index is 5.29. The van der Waals surface area contributed by atoms with Crippen LogP contribution in [0.2, 0.25) is 0 Å². The molecule has 18 heavy (non-hydrogen) atoms. The van der Waals surface area contributed by atoms with E-state index in [1.54, 1.807) is 7.11 Å². The van der Waals surface area contributed by atoms with Crippen LogP contribution in [0.15, 0.2) is 33.3 Å². The molecule has 6 heteroatoms. The summed E-state index contributed by atoms with van der Waals surface area (Å²) in [6.45, 7) is 1.84. The zero-order valence-electron chi connectivity index (χ0n) is 9.87. The molecule has 0 atom stereocenters. The second-order valence-electron chi connectivity index (χ2n) is 3.59. The molecule has 0 saturated heterocycles. The topological polar surface area (TPSA) is 47.0 Å². The fourth-order valence-corrected chi connectivity index (χ4v) is 2.35. The minimum Gasteiger partial charge on any atom is -0.495 e. The first-order valence-corrected chi connectivity index (χ1v) is 6.79. The highest BCUT2D eigenvalue weighted by atomic mass is 79.9. The summed E-state index contributed by atoms with van der Waals surface area (Å²) < 4.78 is 7.00. The van der Waals surface area contributed by atoms with Gasteiger partial charge < -0.3 is 10.1 Å². The Morgan fingerprint density at radius 1 is 1.17 bits per heavy atom. The van der Waals surface area contributed by atoms with Gasteiger partial charge in [0.2, 0.25) is 0 Å². The van der Waals surface area contributed by atoms with Crippen LogP contribution >= 0.6 is 31.9 Å². The highest BCUT2D eigenvalue weighted by Crippen LogP contribution is 2.30. The van der Waals surface area contributed by atoms with E-state index in [-0.39, 0.29) is 0 Å². The number of hydrogen-bond donors (Lipinski definition) is 1. The predicted octanol–water partition coefficient (Wildman–Crippen LogP) is 4.06. The third-order valence-electron chi connectivity index (χ3n) is 2.23. The first-order valence-electron chi connectivity index (χ1n) is 5.20. The Kier molecular flexibility index (Phi) is 4.19. The number of nitrogens with one attached hydrogen (secondary N) is 1. The standard InChI is InChI=1S/C12H11Br2N3O/c1-7-15-11(14)6-12(16-7)17-9-5-8(13)3-4-10(9)18-2/h3-6H,1-2H3,(H,15,16,17). The van der Waals surface area contributed by atoms with E-state index in [4.69, 9.17) is 4.74 Å². The van der Waals surface area contributed by atoms with E-state index >= 15 is 0 Å². The summed E-state index contributed by atoms with van der Waals surface area (Å²) in [5, 5.41) is 3.21. The Bertz CT molecular complexity index is 555. The molecule has 0 aliphatic heterocycles. The van der Waals surface area contributed by atoms with Crippen LogP contribution in [0.5, 0.6) is 5.75 Å². The van der Waals surface area contributed by atoms with Gasteiger partial charge >= 0.3 is 0 Å². The van der Waals surface area contributed by atoms with Gasteiger partial charge in [-0.25, -0.2) is 9.97 Å². The SMILES string of the molecule is COc1ccc(Br)cc1Nc1cc(Br)nc(C)n1. The van der Waals surface area contributed by atoms with Gasteiger partial charge in [-0.1, -0.05) is 15.9 Å². The molecular weight excluding hydrogens is 362 g/mol. The molecule has 1 heterocycles. The van der Waals surface area contributed by atoms with Crippen molar-refractivity contribution in [2.45, 2.75) is 6.92 Å². The predicted molar refractivity (Wildman–Crippen MR) is 78.4 cm³/mol. The Balaban J connectivity index is 2.35. The maximum Gasteiger partial charge on any atom is 0.142 e. The number of methoxy groups -OCH3 is 1. The van der Waals surface area contributed by atoms with E-state index in [1.165, 1.54) is 0 Å². The average molecular weight is 373 g/mol. The summed E-state index contributed by atoms with van der Waals surface area (Å²) in [6.07, 6.45) is 0. The molecular formula is C12H11Br2N3O. The van der Waals surface area contributed by atoms with Crippen molar-refractivity contribution in [3.8, 4) is 5.75 Å². The van der Waals surface area contributed by atoms with Crippen molar-refractivity contribution in [3.05, 3.63) is 39.2 Å². The molecule has 2 rings (SSSR count). The third kappa shape index (κ3) is 3.20. The van der Waals surface area contributed by atoms with Crippen molar-refractivity contribution >= 4 is 43.4 Å². The molecule has 0 amide bonds. The average Bonchev–Trinajstić information content (AvgIpc) is 2.27. The van der Waals surface area contributed by atoms with Crippen LogP contribution in [-0.4, -0.2) is 17.1 Å². The van der Waals surface area contributed by atoms with Gasteiger partial charge in [0.05, 0.1) is 12.8 Å². The van der Waals surface area contributed by atoms with Gasteiger partial charge in [-0.3, -0.25) is 0 Å². The number of aryl methyl sites for hydroxylation is 1. The summed E-state index contributed by atoms with van der Waals surface area (Å²) >= 11 is 6.77. The molecule has 0 radical (unpaired) electrons. The lowest BCUT2D eigenvalue weighted by molar-refractivity contribution is 0.416. The van der Waals surface area contributed by atoms with Gasteiger partial charge in [0.25, 0.3) is 0 Å². The molecule has 4 nitrogen and oxygen atoms in total. The summed E-state index contributed by atoms with van der Waals surface area (Å²) in [5.74, 6) is 2.16. The highest BCUT2D eigenvalue weighted by Gasteiger charge is 2.06. The Morgan fingerprint density at radius 3 is 2.61 bits per heavy atom. The van der Waals surface area contributed by atoms with Crippen molar-refractivity contribution < 1.29 is 4.74 Å². The molecule has 2 aromatic rings. The number of hydrogen-bond acceptors (Lipinski definition) is 4. The molecule has 0 fully saturated rings. The van der Waals surface area contributed by atoms with Gasteiger partial charge in [0, 0.05) is 10.5 Å². The van der Waals surface area contributed by atoms with Gasteiger partial charge in [-0.15, -0.1) is 0 Å². The van der Waals surface area contributed by atoms with Crippen LogP contribution in [0.1, 0.15) is 5.82 Å². The molecule has 0 bridgehead atoms. The third-order valence-corrected chi connectivity index (χ3v) is 3.13. The van der Waals surface area contributed by atoms with E-state index in [9.17, 15) is 0 Å². The van der Waals surface area contributed by atoms with Crippen molar-refractivity contribution in [3.63, 3.8) is 0 Å². The normalized spacial score (nSPS) is 10.2. The van der Waals surface area contributed by atoms with E-state index in [0.717, 1.165) is 20.5 Å². The van der Waals surface area contributed by atoms with E-state index in [2.05, 4.69) is 47.1 Å². The zero-order chi connectivity index (χ0) is 13.1. The summed E-state index contributed by atoms with van der Waals surface area (Å²) in [5.41, 5.74) is 0.844. The van der Waals surface area contributed by atoms with Crippen molar-refractivity contribution in [1.29, 1.82) is 0 Å². The number of aromatic nitrogens is 2. The molecule has 0 unspecified atom stereocenters.